The molecule has 18 heavy (non-hydrogen) atoms. The van der Waals surface area contributed by atoms with E-state index < -0.39 is 0 Å². The fraction of sp³-hybridized carbons (Fsp3) is 0.400. The number of rotatable bonds is 3. The lowest BCUT2D eigenvalue weighted by Crippen LogP contribution is -2.28. The fourth-order valence-electron chi connectivity index (χ4n) is 1.95. The Labute approximate surface area is 109 Å². The first-order valence-corrected chi connectivity index (χ1v) is 6.29. The molecule has 2 rings (SSSR count). The number of aromatic nitrogens is 2. The van der Waals surface area contributed by atoms with Gasteiger partial charge in [-0.15, -0.1) is 0 Å². The summed E-state index contributed by atoms with van der Waals surface area (Å²) < 4.78 is 2.00. The van der Waals surface area contributed by atoms with Crippen molar-refractivity contribution in [3.8, 4) is 5.69 Å². The Bertz CT molecular complexity index is 553. The number of para-hydroxylation sites is 1. The van der Waals surface area contributed by atoms with Crippen LogP contribution in [0.4, 0.5) is 0 Å². The van der Waals surface area contributed by atoms with E-state index in [1.807, 2.05) is 16.8 Å². The SMILES string of the molecule is Cc1ccccc1-n1nc(C(C)(C)CN)cc1C. The number of benzene rings is 1. The molecule has 0 radical (unpaired) electrons. The van der Waals surface area contributed by atoms with Crippen LogP contribution in [0.25, 0.3) is 5.69 Å². The van der Waals surface area contributed by atoms with Gasteiger partial charge in [0, 0.05) is 17.7 Å². The van der Waals surface area contributed by atoms with Gasteiger partial charge in [0.15, 0.2) is 0 Å². The lowest BCUT2D eigenvalue weighted by molar-refractivity contribution is 0.515. The monoisotopic (exact) mass is 243 g/mol. The first-order chi connectivity index (χ1) is 8.45. The first-order valence-electron chi connectivity index (χ1n) is 6.29. The summed E-state index contributed by atoms with van der Waals surface area (Å²) in [7, 11) is 0. The zero-order valence-electron chi connectivity index (χ0n) is 11.6. The third-order valence-electron chi connectivity index (χ3n) is 3.43. The number of nitrogens with two attached hydrogens (primary N) is 1. The van der Waals surface area contributed by atoms with E-state index in [0.717, 1.165) is 17.1 Å². The normalized spacial score (nSPS) is 11.8. The highest BCUT2D eigenvalue weighted by atomic mass is 15.3. The van der Waals surface area contributed by atoms with Crippen molar-refractivity contribution in [1.82, 2.24) is 9.78 Å². The molecule has 0 saturated heterocycles. The van der Waals surface area contributed by atoms with Crippen LogP contribution in [0, 0.1) is 13.8 Å². The van der Waals surface area contributed by atoms with Gasteiger partial charge in [-0.2, -0.15) is 5.10 Å². The molecule has 3 heteroatoms. The summed E-state index contributed by atoms with van der Waals surface area (Å²) in [5.74, 6) is 0. The van der Waals surface area contributed by atoms with E-state index >= 15 is 0 Å². The van der Waals surface area contributed by atoms with Gasteiger partial charge >= 0.3 is 0 Å². The summed E-state index contributed by atoms with van der Waals surface area (Å²) in [6, 6.07) is 10.4. The van der Waals surface area contributed by atoms with Gasteiger partial charge in [0.25, 0.3) is 0 Å². The van der Waals surface area contributed by atoms with Gasteiger partial charge in [-0.1, -0.05) is 32.0 Å². The Hall–Kier alpha value is -1.61. The van der Waals surface area contributed by atoms with E-state index in [1.54, 1.807) is 0 Å². The highest BCUT2D eigenvalue weighted by molar-refractivity contribution is 5.41. The molecule has 0 spiro atoms. The van der Waals surface area contributed by atoms with Crippen LogP contribution < -0.4 is 5.73 Å². The highest BCUT2D eigenvalue weighted by Crippen LogP contribution is 2.23. The third kappa shape index (κ3) is 2.18. The molecule has 2 N–H and O–H groups in total. The van der Waals surface area contributed by atoms with Crippen LogP contribution in [0.1, 0.15) is 30.8 Å². The molecule has 0 saturated carbocycles. The topological polar surface area (TPSA) is 43.8 Å². The van der Waals surface area contributed by atoms with Crippen molar-refractivity contribution >= 4 is 0 Å². The Balaban J connectivity index is 2.52. The van der Waals surface area contributed by atoms with Crippen LogP contribution in [0.5, 0.6) is 0 Å². The molecule has 0 bridgehead atoms. The van der Waals surface area contributed by atoms with Gasteiger partial charge in [0.1, 0.15) is 0 Å². The van der Waals surface area contributed by atoms with Crippen LogP contribution >= 0.6 is 0 Å². The van der Waals surface area contributed by atoms with E-state index in [2.05, 4.69) is 45.9 Å². The summed E-state index contributed by atoms with van der Waals surface area (Å²) in [6.07, 6.45) is 0. The van der Waals surface area contributed by atoms with Crippen molar-refractivity contribution in [2.45, 2.75) is 33.1 Å². The lowest BCUT2D eigenvalue weighted by atomic mass is 9.90. The zero-order chi connectivity index (χ0) is 13.3. The minimum absolute atomic E-state index is 0.0846. The van der Waals surface area contributed by atoms with Crippen molar-refractivity contribution < 1.29 is 0 Å². The molecule has 0 aliphatic heterocycles. The van der Waals surface area contributed by atoms with E-state index in [0.29, 0.717) is 6.54 Å². The second kappa shape index (κ2) is 4.58. The molecule has 0 unspecified atom stereocenters. The maximum Gasteiger partial charge on any atom is 0.0700 e. The molecule has 0 fully saturated rings. The van der Waals surface area contributed by atoms with Gasteiger partial charge in [0.05, 0.1) is 11.4 Å². The van der Waals surface area contributed by atoms with Crippen LogP contribution in [0.3, 0.4) is 0 Å². The predicted octanol–water partition coefficient (Wildman–Crippen LogP) is 2.73. The van der Waals surface area contributed by atoms with Crippen LogP contribution in [0.2, 0.25) is 0 Å². The summed E-state index contributed by atoms with van der Waals surface area (Å²) >= 11 is 0. The second-order valence-corrected chi connectivity index (χ2v) is 5.46. The number of hydrogen-bond acceptors (Lipinski definition) is 2. The van der Waals surface area contributed by atoms with Gasteiger partial charge in [-0.3, -0.25) is 0 Å². The van der Waals surface area contributed by atoms with E-state index in [-0.39, 0.29) is 5.41 Å². The molecule has 0 atom stereocenters. The maximum atomic E-state index is 5.82. The fourth-order valence-corrected chi connectivity index (χ4v) is 1.95. The summed E-state index contributed by atoms with van der Waals surface area (Å²) in [5.41, 5.74) is 10.3. The number of hydrogen-bond donors (Lipinski definition) is 1. The molecule has 96 valence electrons. The van der Waals surface area contributed by atoms with Crippen LogP contribution in [-0.4, -0.2) is 16.3 Å². The average Bonchev–Trinajstić information content (AvgIpc) is 2.73. The van der Waals surface area contributed by atoms with E-state index in [1.165, 1.54) is 5.56 Å². The largest absolute Gasteiger partial charge is 0.330 e. The van der Waals surface area contributed by atoms with Gasteiger partial charge in [0.2, 0.25) is 0 Å². The molecule has 0 amide bonds. The molecule has 2 aromatic rings. The van der Waals surface area contributed by atoms with Gasteiger partial charge in [-0.05, 0) is 31.5 Å². The Morgan fingerprint density at radius 3 is 2.50 bits per heavy atom. The minimum atomic E-state index is -0.0846. The minimum Gasteiger partial charge on any atom is -0.330 e. The molecule has 1 heterocycles. The van der Waals surface area contributed by atoms with E-state index in [9.17, 15) is 0 Å². The molecular formula is C15H21N3. The summed E-state index contributed by atoms with van der Waals surface area (Å²) in [6.45, 7) is 9.02. The molecule has 0 aliphatic rings. The standard InChI is InChI=1S/C15H21N3/c1-11-7-5-6-8-13(11)18-12(2)9-14(17-18)15(3,4)10-16/h5-9H,10,16H2,1-4H3. The van der Waals surface area contributed by atoms with Crippen LogP contribution in [-0.2, 0) is 5.41 Å². The molecule has 0 aliphatic carbocycles. The van der Waals surface area contributed by atoms with Crippen molar-refractivity contribution in [2.75, 3.05) is 6.54 Å². The Morgan fingerprint density at radius 2 is 1.89 bits per heavy atom. The maximum absolute atomic E-state index is 5.82. The number of aryl methyl sites for hydroxylation is 2. The molecular weight excluding hydrogens is 222 g/mol. The first kappa shape index (κ1) is 12.8. The van der Waals surface area contributed by atoms with Crippen molar-refractivity contribution in [2.24, 2.45) is 5.73 Å². The highest BCUT2D eigenvalue weighted by Gasteiger charge is 2.23. The second-order valence-electron chi connectivity index (χ2n) is 5.46. The summed E-state index contributed by atoms with van der Waals surface area (Å²) in [5, 5.41) is 4.72. The quantitative estimate of drug-likeness (QED) is 0.900. The lowest BCUT2D eigenvalue weighted by Gasteiger charge is -2.19. The average molecular weight is 243 g/mol. The third-order valence-corrected chi connectivity index (χ3v) is 3.43. The predicted molar refractivity (Wildman–Crippen MR) is 75.1 cm³/mol. The zero-order valence-corrected chi connectivity index (χ0v) is 11.6. The van der Waals surface area contributed by atoms with Crippen LogP contribution in [0.15, 0.2) is 30.3 Å². The van der Waals surface area contributed by atoms with Crippen molar-refractivity contribution in [3.63, 3.8) is 0 Å². The number of nitrogens with zero attached hydrogens (tertiary/aromatic N) is 2. The molecule has 1 aromatic carbocycles. The Kier molecular flexibility index (Phi) is 3.26. The van der Waals surface area contributed by atoms with Crippen molar-refractivity contribution in [1.29, 1.82) is 0 Å². The van der Waals surface area contributed by atoms with E-state index in [4.69, 9.17) is 10.8 Å². The van der Waals surface area contributed by atoms with Gasteiger partial charge < -0.3 is 5.73 Å². The Morgan fingerprint density at radius 1 is 1.22 bits per heavy atom. The molecule has 3 nitrogen and oxygen atoms in total. The van der Waals surface area contributed by atoms with Gasteiger partial charge in [-0.25, -0.2) is 4.68 Å². The van der Waals surface area contributed by atoms with Crippen molar-refractivity contribution in [3.05, 3.63) is 47.3 Å². The summed E-state index contributed by atoms with van der Waals surface area (Å²) in [4.78, 5) is 0. The molecule has 1 aromatic heterocycles. The smallest absolute Gasteiger partial charge is 0.0700 e.